The van der Waals surface area contributed by atoms with E-state index < -0.39 is 15.1 Å². The molecule has 1 atom stereocenters. The average molecular weight is 294 g/mol. The lowest BCUT2D eigenvalue weighted by Gasteiger charge is -2.26. The van der Waals surface area contributed by atoms with E-state index in [1.54, 1.807) is 0 Å². The monoisotopic (exact) mass is 294 g/mol. The molecule has 0 rings (SSSR count). The number of rotatable bonds is 7. The van der Waals surface area contributed by atoms with Gasteiger partial charge in [-0.2, -0.15) is 0 Å². The van der Waals surface area contributed by atoms with E-state index in [4.69, 9.17) is 18.0 Å². The van der Waals surface area contributed by atoms with Crippen LogP contribution >= 0.6 is 12.2 Å². The highest BCUT2D eigenvalue weighted by molar-refractivity contribution is 7.92. The smallest absolute Gasteiger partial charge is 0.240 e. The highest BCUT2D eigenvalue weighted by Gasteiger charge is 2.28. The van der Waals surface area contributed by atoms with Gasteiger partial charge in [-0.15, -0.1) is 0 Å². The molecular weight excluding hydrogens is 272 g/mol. The van der Waals surface area contributed by atoms with Gasteiger partial charge >= 0.3 is 0 Å². The van der Waals surface area contributed by atoms with E-state index in [9.17, 15) is 13.2 Å². The Bertz CT molecular complexity index is 405. The van der Waals surface area contributed by atoms with Gasteiger partial charge in [-0.1, -0.05) is 26.1 Å². The van der Waals surface area contributed by atoms with Crippen LogP contribution in [0.3, 0.4) is 0 Å². The predicted octanol–water partition coefficient (Wildman–Crippen LogP) is 0.580. The van der Waals surface area contributed by atoms with Crippen LogP contribution in [0.25, 0.3) is 0 Å². The number of sulfone groups is 1. The Kier molecular flexibility index (Phi) is 6.77. The van der Waals surface area contributed by atoms with Crippen LogP contribution in [0.4, 0.5) is 0 Å². The third-order valence-corrected chi connectivity index (χ3v) is 4.21. The molecule has 0 heterocycles. The van der Waals surface area contributed by atoms with E-state index in [0.717, 1.165) is 6.26 Å². The molecule has 1 unspecified atom stereocenters. The first-order valence-corrected chi connectivity index (χ1v) is 8.18. The fourth-order valence-corrected chi connectivity index (χ4v) is 2.02. The van der Waals surface area contributed by atoms with Crippen LogP contribution in [0.5, 0.6) is 0 Å². The fraction of sp³-hybridized carbons (Fsp3) is 0.818. The summed E-state index contributed by atoms with van der Waals surface area (Å²) >= 11 is 4.77. The van der Waals surface area contributed by atoms with E-state index in [1.807, 2.05) is 13.8 Å². The third kappa shape index (κ3) is 6.30. The first-order valence-electron chi connectivity index (χ1n) is 5.81. The van der Waals surface area contributed by atoms with Crippen molar-refractivity contribution >= 4 is 33.0 Å². The molecule has 0 spiro atoms. The maximum atomic E-state index is 12.1. The van der Waals surface area contributed by atoms with Gasteiger partial charge in [-0.25, -0.2) is 8.42 Å². The van der Waals surface area contributed by atoms with Gasteiger partial charge in [0.15, 0.2) is 9.84 Å². The summed E-state index contributed by atoms with van der Waals surface area (Å²) in [7, 11) is -3.38. The molecule has 0 aromatic rings. The Morgan fingerprint density at radius 3 is 2.17 bits per heavy atom. The molecule has 0 aromatic heterocycles. The lowest BCUT2D eigenvalue weighted by molar-refractivity contribution is -0.130. The summed E-state index contributed by atoms with van der Waals surface area (Å²) in [4.78, 5) is 13.9. The third-order valence-electron chi connectivity index (χ3n) is 2.52. The summed E-state index contributed by atoms with van der Waals surface area (Å²) in [6, 6.07) is 0. The van der Waals surface area contributed by atoms with Crippen LogP contribution in [-0.2, 0) is 14.6 Å². The van der Waals surface area contributed by atoms with Gasteiger partial charge in [-0.3, -0.25) is 4.79 Å². The van der Waals surface area contributed by atoms with E-state index in [1.165, 1.54) is 11.8 Å². The van der Waals surface area contributed by atoms with Crippen LogP contribution in [-0.4, -0.2) is 48.8 Å². The van der Waals surface area contributed by atoms with Crippen LogP contribution in [0.15, 0.2) is 0 Å². The molecule has 0 aliphatic carbocycles. The Morgan fingerprint density at radius 2 is 1.83 bits per heavy atom. The number of hydrogen-bond acceptors (Lipinski definition) is 4. The fourth-order valence-electron chi connectivity index (χ4n) is 1.42. The molecule has 0 aromatic carbocycles. The molecule has 7 heteroatoms. The quantitative estimate of drug-likeness (QED) is 0.695. The number of nitrogens with zero attached hydrogens (tertiary/aromatic N) is 1. The van der Waals surface area contributed by atoms with Crippen molar-refractivity contribution in [2.45, 2.75) is 32.4 Å². The van der Waals surface area contributed by atoms with Crippen LogP contribution in [0.1, 0.15) is 27.2 Å². The minimum atomic E-state index is -3.38. The van der Waals surface area contributed by atoms with E-state index in [-0.39, 0.29) is 11.8 Å². The number of carbonyl (C=O) groups excluding carboxylic acids is 1. The molecule has 2 N–H and O–H groups in total. The van der Waals surface area contributed by atoms with Crippen molar-refractivity contribution in [1.29, 1.82) is 0 Å². The maximum Gasteiger partial charge on any atom is 0.240 e. The highest BCUT2D eigenvalue weighted by Crippen LogP contribution is 2.08. The lowest BCUT2D eigenvalue weighted by atomic mass is 10.2. The topological polar surface area (TPSA) is 80.5 Å². The molecule has 106 valence electrons. The molecule has 0 saturated heterocycles. The Hall–Kier alpha value is -0.690. The summed E-state index contributed by atoms with van der Waals surface area (Å²) in [6.07, 6.45) is 1.47. The van der Waals surface area contributed by atoms with Crippen molar-refractivity contribution in [2.24, 2.45) is 11.7 Å². The molecule has 0 fully saturated rings. The second-order valence-corrected chi connectivity index (χ2v) is 7.76. The zero-order valence-electron chi connectivity index (χ0n) is 11.3. The normalized spacial score (nSPS) is 13.4. The molecular formula is C11H22N2O3S2. The van der Waals surface area contributed by atoms with Gasteiger partial charge in [-0.05, 0) is 12.8 Å². The number of amides is 1. The Balaban J connectivity index is 4.84. The first-order chi connectivity index (χ1) is 8.05. The van der Waals surface area contributed by atoms with Gasteiger partial charge in [0.25, 0.3) is 0 Å². The van der Waals surface area contributed by atoms with Crippen molar-refractivity contribution in [2.75, 3.05) is 19.3 Å². The Labute approximate surface area is 115 Å². The van der Waals surface area contributed by atoms with Gasteiger partial charge in [0.1, 0.15) is 5.25 Å². The van der Waals surface area contributed by atoms with Crippen LogP contribution < -0.4 is 5.73 Å². The molecule has 0 radical (unpaired) electrons. The maximum absolute atomic E-state index is 12.1. The van der Waals surface area contributed by atoms with Crippen molar-refractivity contribution in [3.8, 4) is 0 Å². The number of thiocarbonyl (C=S) groups is 1. The molecule has 0 bridgehead atoms. The molecule has 0 aliphatic rings. The van der Waals surface area contributed by atoms with Gasteiger partial charge < -0.3 is 10.6 Å². The van der Waals surface area contributed by atoms with Crippen molar-refractivity contribution in [1.82, 2.24) is 4.90 Å². The first kappa shape index (κ1) is 17.3. The minimum Gasteiger partial charge on any atom is -0.393 e. The van der Waals surface area contributed by atoms with Gasteiger partial charge in [0.2, 0.25) is 5.91 Å². The van der Waals surface area contributed by atoms with E-state index in [2.05, 4.69) is 0 Å². The van der Waals surface area contributed by atoms with Gasteiger partial charge in [0, 0.05) is 25.8 Å². The standard InChI is InChI=1S/C11H22N2O3S2/c1-8(2)7-13(6-5-10(12)17)11(14)9(3)18(4,15)16/h8-9H,5-7H2,1-4H3,(H2,12,17). The van der Waals surface area contributed by atoms with Crippen molar-refractivity contribution < 1.29 is 13.2 Å². The largest absolute Gasteiger partial charge is 0.393 e. The SMILES string of the molecule is CC(C)CN(CCC(N)=S)C(=O)C(C)S(C)(=O)=O. The minimum absolute atomic E-state index is 0.257. The summed E-state index contributed by atoms with van der Waals surface area (Å²) in [6.45, 7) is 6.21. The molecule has 1 amide bonds. The van der Waals surface area contributed by atoms with E-state index >= 15 is 0 Å². The molecule has 5 nitrogen and oxygen atoms in total. The van der Waals surface area contributed by atoms with Crippen LogP contribution in [0, 0.1) is 5.92 Å². The summed E-state index contributed by atoms with van der Waals surface area (Å²) in [5.41, 5.74) is 5.41. The molecule has 18 heavy (non-hydrogen) atoms. The number of nitrogens with two attached hydrogens (primary N) is 1. The molecule has 0 aliphatic heterocycles. The van der Waals surface area contributed by atoms with Crippen molar-refractivity contribution in [3.63, 3.8) is 0 Å². The van der Waals surface area contributed by atoms with E-state index in [0.29, 0.717) is 24.5 Å². The van der Waals surface area contributed by atoms with Crippen molar-refractivity contribution in [3.05, 3.63) is 0 Å². The number of carbonyl (C=O) groups is 1. The second-order valence-electron chi connectivity index (χ2n) is 4.87. The predicted molar refractivity (Wildman–Crippen MR) is 77.1 cm³/mol. The zero-order valence-corrected chi connectivity index (χ0v) is 13.0. The second kappa shape index (κ2) is 7.04. The summed E-state index contributed by atoms with van der Waals surface area (Å²) in [5.74, 6) is -0.130. The summed E-state index contributed by atoms with van der Waals surface area (Å²) < 4.78 is 22.8. The number of hydrogen-bond donors (Lipinski definition) is 1. The highest BCUT2D eigenvalue weighted by atomic mass is 32.2. The Morgan fingerprint density at radius 1 is 1.33 bits per heavy atom. The zero-order chi connectivity index (χ0) is 14.5. The van der Waals surface area contributed by atoms with Crippen LogP contribution in [0.2, 0.25) is 0 Å². The molecule has 0 saturated carbocycles. The van der Waals surface area contributed by atoms with Gasteiger partial charge in [0.05, 0.1) is 4.99 Å². The average Bonchev–Trinajstić information content (AvgIpc) is 2.20. The summed E-state index contributed by atoms with van der Waals surface area (Å²) in [5, 5.41) is -1.03. The lowest BCUT2D eigenvalue weighted by Crippen LogP contribution is -2.44.